The van der Waals surface area contributed by atoms with Crippen LogP contribution in [-0.4, -0.2) is 5.11 Å². The number of hydrogen-bond acceptors (Lipinski definition) is 3. The van der Waals surface area contributed by atoms with E-state index in [1.165, 1.54) is 0 Å². The molecular formula is C24H18Cl4O3. The predicted octanol–water partition coefficient (Wildman–Crippen LogP) is 8.43. The molecule has 2 aromatic carbocycles. The smallest absolute Gasteiger partial charge is 0.188 e. The van der Waals surface area contributed by atoms with E-state index in [-0.39, 0.29) is 26.2 Å². The highest BCUT2D eigenvalue weighted by Crippen LogP contribution is 2.51. The van der Waals surface area contributed by atoms with Gasteiger partial charge in [0.25, 0.3) is 0 Å². The second-order valence-electron chi connectivity index (χ2n) is 7.80. The van der Waals surface area contributed by atoms with Gasteiger partial charge in [0, 0.05) is 33.2 Å². The maximum atomic E-state index is 12.7. The van der Waals surface area contributed by atoms with E-state index in [0.29, 0.717) is 55.3 Å². The van der Waals surface area contributed by atoms with Crippen molar-refractivity contribution in [3.05, 3.63) is 70.3 Å². The molecular weight excluding hydrogens is 478 g/mol. The van der Waals surface area contributed by atoms with Gasteiger partial charge in [-0.25, -0.2) is 0 Å². The Bertz CT molecular complexity index is 1420. The topological polar surface area (TPSA) is 50.4 Å². The van der Waals surface area contributed by atoms with Gasteiger partial charge in [-0.15, -0.1) is 0 Å². The Morgan fingerprint density at radius 3 is 2.00 bits per heavy atom. The van der Waals surface area contributed by atoms with Crippen LogP contribution in [-0.2, 0) is 0 Å². The SMILES string of the molecule is Cc1cc2c(-c3c(C)c(Cl)c(Cl)c(Cl)c3Cl)c3cc(C)c(=O)c(C)c-3oc2c(C)c1O. The normalized spacial score (nSPS) is 11.6. The van der Waals surface area contributed by atoms with Crippen LogP contribution in [0.2, 0.25) is 20.1 Å². The van der Waals surface area contributed by atoms with Crippen LogP contribution in [0.4, 0.5) is 0 Å². The van der Waals surface area contributed by atoms with E-state index >= 15 is 0 Å². The molecule has 160 valence electrons. The lowest BCUT2D eigenvalue weighted by molar-refractivity contribution is 0.465. The summed E-state index contributed by atoms with van der Waals surface area (Å²) >= 11 is 25.9. The number of rotatable bonds is 1. The van der Waals surface area contributed by atoms with Crippen LogP contribution >= 0.6 is 46.4 Å². The van der Waals surface area contributed by atoms with Crippen molar-refractivity contribution in [2.45, 2.75) is 34.6 Å². The molecule has 0 spiro atoms. The molecule has 31 heavy (non-hydrogen) atoms. The molecule has 1 heterocycles. The molecule has 1 N–H and O–H groups in total. The monoisotopic (exact) mass is 494 g/mol. The number of phenolic OH excluding ortho intramolecular Hbond substituents is 1. The number of aromatic hydroxyl groups is 1. The van der Waals surface area contributed by atoms with E-state index in [1.54, 1.807) is 26.8 Å². The Labute approximate surface area is 199 Å². The van der Waals surface area contributed by atoms with Crippen LogP contribution in [0, 0.1) is 34.6 Å². The zero-order chi connectivity index (χ0) is 22.9. The summed E-state index contributed by atoms with van der Waals surface area (Å²) in [6.45, 7) is 8.86. The molecule has 0 radical (unpaired) electrons. The molecule has 1 aliphatic heterocycles. The Hall–Kier alpha value is -1.91. The lowest BCUT2D eigenvalue weighted by Crippen LogP contribution is -2.12. The third-order valence-electron chi connectivity index (χ3n) is 5.81. The average molecular weight is 496 g/mol. The predicted molar refractivity (Wildman–Crippen MR) is 130 cm³/mol. The highest BCUT2D eigenvalue weighted by Gasteiger charge is 2.28. The summed E-state index contributed by atoms with van der Waals surface area (Å²) in [5.74, 6) is 0.547. The maximum absolute atomic E-state index is 12.7. The van der Waals surface area contributed by atoms with Crippen molar-refractivity contribution in [1.29, 1.82) is 0 Å². The minimum absolute atomic E-state index is 0.106. The molecule has 0 aromatic heterocycles. The number of phenols is 1. The highest BCUT2D eigenvalue weighted by atomic mass is 35.5. The van der Waals surface area contributed by atoms with Crippen molar-refractivity contribution < 1.29 is 9.52 Å². The van der Waals surface area contributed by atoms with Crippen molar-refractivity contribution in [2.24, 2.45) is 0 Å². The van der Waals surface area contributed by atoms with Gasteiger partial charge in [-0.3, -0.25) is 4.79 Å². The first-order valence-corrected chi connectivity index (χ1v) is 11.0. The molecule has 0 saturated carbocycles. The summed E-state index contributed by atoms with van der Waals surface area (Å²) < 4.78 is 6.21. The summed E-state index contributed by atoms with van der Waals surface area (Å²) in [5, 5.41) is 12.1. The van der Waals surface area contributed by atoms with Gasteiger partial charge in [-0.05, 0) is 63.4 Å². The molecule has 4 rings (SSSR count). The molecule has 2 aliphatic rings. The van der Waals surface area contributed by atoms with Gasteiger partial charge >= 0.3 is 0 Å². The third kappa shape index (κ3) is 3.14. The molecule has 2 aromatic rings. The first kappa shape index (κ1) is 22.3. The van der Waals surface area contributed by atoms with Crippen molar-refractivity contribution in [2.75, 3.05) is 0 Å². The van der Waals surface area contributed by atoms with Crippen LogP contribution in [0.25, 0.3) is 33.4 Å². The summed E-state index contributed by atoms with van der Waals surface area (Å²) in [6, 6.07) is 3.62. The number of halogens is 4. The molecule has 3 nitrogen and oxygen atoms in total. The molecule has 0 fully saturated rings. The Morgan fingerprint density at radius 2 is 1.35 bits per heavy atom. The van der Waals surface area contributed by atoms with E-state index in [2.05, 4.69) is 0 Å². The quantitative estimate of drug-likeness (QED) is 0.164. The van der Waals surface area contributed by atoms with Crippen LogP contribution in [0.15, 0.2) is 21.3 Å². The standard InChI is InChI=1S/C24H18Cl4O3/c1-8-6-13-16(15-10(3)17(25)19(27)20(28)18(15)26)14-7-9(2)22(30)12(5)24(14)31-23(13)11(4)21(8)29/h6-7,29H,1-5H3. The van der Waals surface area contributed by atoms with Gasteiger partial charge in [0.2, 0.25) is 0 Å². The molecule has 7 heteroatoms. The summed E-state index contributed by atoms with van der Waals surface area (Å²) in [4.78, 5) is 12.7. The van der Waals surface area contributed by atoms with E-state index in [9.17, 15) is 9.90 Å². The lowest BCUT2D eigenvalue weighted by Gasteiger charge is -2.22. The van der Waals surface area contributed by atoms with Gasteiger partial charge in [-0.2, -0.15) is 0 Å². The second kappa shape index (κ2) is 7.60. The fraction of sp³-hybridized carbons (Fsp3) is 0.208. The molecule has 0 bridgehead atoms. The number of hydrogen-bond donors (Lipinski definition) is 1. The Morgan fingerprint density at radius 1 is 0.742 bits per heavy atom. The van der Waals surface area contributed by atoms with Crippen LogP contribution < -0.4 is 5.43 Å². The fourth-order valence-electron chi connectivity index (χ4n) is 4.09. The summed E-state index contributed by atoms with van der Waals surface area (Å²) in [5.41, 5.74) is 5.31. The van der Waals surface area contributed by atoms with Crippen molar-refractivity contribution >= 4 is 57.4 Å². The molecule has 0 atom stereocenters. The molecule has 1 aliphatic carbocycles. The van der Waals surface area contributed by atoms with Gasteiger partial charge < -0.3 is 9.52 Å². The zero-order valence-electron chi connectivity index (χ0n) is 17.4. The summed E-state index contributed by atoms with van der Waals surface area (Å²) in [6.07, 6.45) is 0. The van der Waals surface area contributed by atoms with Crippen LogP contribution in [0.1, 0.15) is 27.8 Å². The van der Waals surface area contributed by atoms with Crippen molar-refractivity contribution in [1.82, 2.24) is 0 Å². The van der Waals surface area contributed by atoms with E-state index in [4.69, 9.17) is 50.8 Å². The van der Waals surface area contributed by atoms with Crippen molar-refractivity contribution in [3.63, 3.8) is 0 Å². The first-order chi connectivity index (χ1) is 14.5. The molecule has 0 saturated heterocycles. The van der Waals surface area contributed by atoms with Gasteiger partial charge in [-0.1, -0.05) is 46.4 Å². The van der Waals surface area contributed by atoms with Crippen molar-refractivity contribution in [3.8, 4) is 28.2 Å². The number of aryl methyl sites for hydroxylation is 3. The van der Waals surface area contributed by atoms with E-state index in [0.717, 1.165) is 10.9 Å². The highest BCUT2D eigenvalue weighted by molar-refractivity contribution is 6.53. The van der Waals surface area contributed by atoms with E-state index < -0.39 is 0 Å². The first-order valence-electron chi connectivity index (χ1n) is 9.50. The van der Waals surface area contributed by atoms with Gasteiger partial charge in [0.15, 0.2) is 5.43 Å². The fourth-order valence-corrected chi connectivity index (χ4v) is 5.14. The third-order valence-corrected chi connectivity index (χ3v) is 7.71. The summed E-state index contributed by atoms with van der Waals surface area (Å²) in [7, 11) is 0. The van der Waals surface area contributed by atoms with Gasteiger partial charge in [0.05, 0.1) is 20.1 Å². The minimum atomic E-state index is -0.106. The molecule has 0 amide bonds. The van der Waals surface area contributed by atoms with Crippen LogP contribution in [0.3, 0.4) is 0 Å². The Kier molecular flexibility index (Phi) is 5.46. The lowest BCUT2D eigenvalue weighted by atomic mass is 9.87. The zero-order valence-corrected chi connectivity index (χ0v) is 20.5. The number of fused-ring (bicyclic) bond motifs is 2. The Balaban J connectivity index is 2.39. The minimum Gasteiger partial charge on any atom is -0.507 e. The van der Waals surface area contributed by atoms with Crippen LogP contribution in [0.5, 0.6) is 5.75 Å². The second-order valence-corrected chi connectivity index (χ2v) is 9.31. The molecule has 0 unspecified atom stereocenters. The largest absolute Gasteiger partial charge is 0.507 e. The maximum Gasteiger partial charge on any atom is 0.188 e. The average Bonchev–Trinajstić information content (AvgIpc) is 2.74. The van der Waals surface area contributed by atoms with E-state index in [1.807, 2.05) is 19.9 Å². The number of benzene rings is 3. The van der Waals surface area contributed by atoms with Gasteiger partial charge in [0.1, 0.15) is 17.1 Å².